The standard InChI is InChI=1S/C22H16N6O/c1-12-15(10-23)21-27-18-5-3-4-6-20(18)28(21)22(29)16(12)11-24-14-7-8-17-19(9-14)26-13(2)25-17/h3-9,11,24H,1-2H3,(H,25,26)/b16-11+. The molecule has 3 heterocycles. The molecule has 0 aliphatic carbocycles. The first kappa shape index (κ1) is 17.0. The number of nitrogens with zero attached hydrogens (tertiary/aromatic N) is 4. The van der Waals surface area contributed by atoms with Gasteiger partial charge in [-0.2, -0.15) is 5.26 Å². The number of fused-ring (bicyclic) bond motifs is 4. The highest BCUT2D eigenvalue weighted by Gasteiger charge is 2.15. The van der Waals surface area contributed by atoms with Crippen LogP contribution in [-0.4, -0.2) is 19.4 Å². The van der Waals surface area contributed by atoms with E-state index >= 15 is 0 Å². The van der Waals surface area contributed by atoms with Gasteiger partial charge in [0.05, 0.1) is 32.8 Å². The van der Waals surface area contributed by atoms with Crippen molar-refractivity contribution < 1.29 is 0 Å². The largest absolute Gasteiger partial charge is 0.361 e. The Morgan fingerprint density at radius 3 is 2.79 bits per heavy atom. The van der Waals surface area contributed by atoms with E-state index in [1.54, 1.807) is 13.1 Å². The van der Waals surface area contributed by atoms with Gasteiger partial charge in [0.15, 0.2) is 5.65 Å². The summed E-state index contributed by atoms with van der Waals surface area (Å²) in [6.45, 7) is 3.68. The summed E-state index contributed by atoms with van der Waals surface area (Å²) in [5, 5.41) is 13.3. The molecule has 29 heavy (non-hydrogen) atoms. The SMILES string of the molecule is Cc1nc2ccc(N/C=c3\c(C)c(C#N)c4nc5ccccc5n4c3=O)cc2[nH]1. The van der Waals surface area contributed by atoms with Crippen LogP contribution in [0.2, 0.25) is 0 Å². The highest BCUT2D eigenvalue weighted by Crippen LogP contribution is 2.19. The van der Waals surface area contributed by atoms with Gasteiger partial charge in [-0.1, -0.05) is 12.1 Å². The Morgan fingerprint density at radius 1 is 1.14 bits per heavy atom. The first-order valence-corrected chi connectivity index (χ1v) is 9.14. The third-order valence-electron chi connectivity index (χ3n) is 5.09. The Hall–Kier alpha value is -4.18. The van der Waals surface area contributed by atoms with Gasteiger partial charge in [0, 0.05) is 11.9 Å². The zero-order chi connectivity index (χ0) is 20.1. The molecule has 7 heteroatoms. The number of anilines is 1. The van der Waals surface area contributed by atoms with Crippen molar-refractivity contribution in [1.29, 1.82) is 5.26 Å². The van der Waals surface area contributed by atoms with Gasteiger partial charge in [-0.15, -0.1) is 0 Å². The third kappa shape index (κ3) is 2.54. The Bertz CT molecular complexity index is 1590. The normalized spacial score (nSPS) is 12.1. The number of para-hydroxylation sites is 2. The highest BCUT2D eigenvalue weighted by molar-refractivity contribution is 5.83. The minimum atomic E-state index is -0.212. The van der Waals surface area contributed by atoms with Crippen LogP contribution >= 0.6 is 0 Å². The second kappa shape index (κ2) is 6.17. The number of rotatable bonds is 2. The molecule has 0 saturated carbocycles. The smallest absolute Gasteiger partial charge is 0.265 e. The molecule has 140 valence electrons. The number of hydrogen-bond donors (Lipinski definition) is 2. The van der Waals surface area contributed by atoms with Gasteiger partial charge in [0.1, 0.15) is 11.9 Å². The van der Waals surface area contributed by atoms with Gasteiger partial charge in [-0.25, -0.2) is 9.97 Å². The highest BCUT2D eigenvalue weighted by atomic mass is 16.1. The van der Waals surface area contributed by atoms with Crippen LogP contribution in [0, 0.1) is 25.2 Å². The maximum absolute atomic E-state index is 13.3. The molecule has 0 unspecified atom stereocenters. The first-order chi connectivity index (χ1) is 14.1. The fourth-order valence-corrected chi connectivity index (χ4v) is 3.67. The molecule has 0 aliphatic rings. The minimum absolute atomic E-state index is 0.212. The molecular weight excluding hydrogens is 364 g/mol. The lowest BCUT2D eigenvalue weighted by Gasteiger charge is -2.04. The number of aromatic nitrogens is 4. The van der Waals surface area contributed by atoms with E-state index in [0.29, 0.717) is 33.0 Å². The van der Waals surface area contributed by atoms with Crippen molar-refractivity contribution in [2.45, 2.75) is 13.8 Å². The second-order valence-corrected chi connectivity index (χ2v) is 6.93. The van der Waals surface area contributed by atoms with Crippen LogP contribution in [0.25, 0.3) is 33.9 Å². The molecule has 0 radical (unpaired) electrons. The van der Waals surface area contributed by atoms with Gasteiger partial charge in [0.2, 0.25) is 0 Å². The van der Waals surface area contributed by atoms with Gasteiger partial charge in [-0.3, -0.25) is 9.20 Å². The van der Waals surface area contributed by atoms with Crippen molar-refractivity contribution in [1.82, 2.24) is 19.4 Å². The summed E-state index contributed by atoms with van der Waals surface area (Å²) >= 11 is 0. The molecule has 0 amide bonds. The molecule has 7 nitrogen and oxygen atoms in total. The molecule has 5 rings (SSSR count). The molecule has 0 aliphatic heterocycles. The number of nitriles is 1. The summed E-state index contributed by atoms with van der Waals surface area (Å²) in [6.07, 6.45) is 1.65. The molecule has 2 aromatic carbocycles. The lowest BCUT2D eigenvalue weighted by atomic mass is 10.1. The van der Waals surface area contributed by atoms with Crippen LogP contribution in [0.4, 0.5) is 5.69 Å². The second-order valence-electron chi connectivity index (χ2n) is 6.93. The van der Waals surface area contributed by atoms with Crippen molar-refractivity contribution in [3.63, 3.8) is 0 Å². The quantitative estimate of drug-likeness (QED) is 0.491. The van der Waals surface area contributed by atoms with Crippen LogP contribution in [0.1, 0.15) is 17.0 Å². The number of H-pyrrole nitrogens is 1. The van der Waals surface area contributed by atoms with Crippen LogP contribution in [0.3, 0.4) is 0 Å². The van der Waals surface area contributed by atoms with E-state index in [4.69, 9.17) is 0 Å². The van der Waals surface area contributed by atoms with Gasteiger partial charge in [-0.05, 0) is 49.7 Å². The van der Waals surface area contributed by atoms with Crippen molar-refractivity contribution in [3.05, 3.63) is 75.0 Å². The van der Waals surface area contributed by atoms with Crippen LogP contribution in [0.5, 0.6) is 0 Å². The summed E-state index contributed by atoms with van der Waals surface area (Å²) in [4.78, 5) is 25.3. The summed E-state index contributed by atoms with van der Waals surface area (Å²) in [6, 6.07) is 15.3. The molecule has 0 atom stereocenters. The number of hydrogen-bond acceptors (Lipinski definition) is 5. The van der Waals surface area contributed by atoms with E-state index in [9.17, 15) is 10.1 Å². The number of aromatic amines is 1. The molecule has 0 fully saturated rings. The first-order valence-electron chi connectivity index (χ1n) is 9.14. The van der Waals surface area contributed by atoms with E-state index in [-0.39, 0.29) is 5.56 Å². The number of nitrogens with one attached hydrogen (secondary N) is 2. The Labute approximate surface area is 164 Å². The van der Waals surface area contributed by atoms with Gasteiger partial charge < -0.3 is 10.3 Å². The molecule has 2 N–H and O–H groups in total. The summed E-state index contributed by atoms with van der Waals surface area (Å²) in [5.41, 5.74) is 5.16. The lowest BCUT2D eigenvalue weighted by Crippen LogP contribution is -2.34. The maximum atomic E-state index is 13.3. The molecular formula is C22H16N6O. The predicted molar refractivity (Wildman–Crippen MR) is 113 cm³/mol. The molecule has 5 aromatic rings. The van der Waals surface area contributed by atoms with E-state index < -0.39 is 0 Å². The summed E-state index contributed by atoms with van der Waals surface area (Å²) in [5.74, 6) is 0.843. The number of benzene rings is 2. The third-order valence-corrected chi connectivity index (χ3v) is 5.09. The number of imidazole rings is 2. The summed E-state index contributed by atoms with van der Waals surface area (Å²) in [7, 11) is 0. The van der Waals surface area contributed by atoms with Crippen LogP contribution in [-0.2, 0) is 0 Å². The Kier molecular flexibility index (Phi) is 3.61. The van der Waals surface area contributed by atoms with E-state index in [2.05, 4.69) is 26.3 Å². The van der Waals surface area contributed by atoms with Gasteiger partial charge >= 0.3 is 0 Å². The zero-order valence-corrected chi connectivity index (χ0v) is 15.8. The van der Waals surface area contributed by atoms with Crippen molar-refractivity contribution in [3.8, 4) is 6.07 Å². The fourth-order valence-electron chi connectivity index (χ4n) is 3.67. The van der Waals surface area contributed by atoms with Crippen molar-refractivity contribution in [2.75, 3.05) is 5.32 Å². The van der Waals surface area contributed by atoms with Gasteiger partial charge in [0.25, 0.3) is 5.56 Å². The fraction of sp³-hybridized carbons (Fsp3) is 0.0909. The van der Waals surface area contributed by atoms with E-state index in [1.165, 1.54) is 4.40 Å². The average molecular weight is 380 g/mol. The Balaban J connectivity index is 1.73. The minimum Gasteiger partial charge on any atom is -0.361 e. The lowest BCUT2D eigenvalue weighted by molar-refractivity contribution is 1.10. The Morgan fingerprint density at radius 2 is 1.97 bits per heavy atom. The van der Waals surface area contributed by atoms with Crippen LogP contribution < -0.4 is 16.1 Å². The monoisotopic (exact) mass is 380 g/mol. The number of aryl methyl sites for hydroxylation is 1. The van der Waals surface area contributed by atoms with Crippen molar-refractivity contribution >= 4 is 39.6 Å². The van der Waals surface area contributed by atoms with E-state index in [1.807, 2.05) is 49.4 Å². The number of pyridine rings is 1. The van der Waals surface area contributed by atoms with Crippen LogP contribution in [0.15, 0.2) is 47.3 Å². The molecule has 3 aromatic heterocycles. The zero-order valence-electron chi connectivity index (χ0n) is 15.8. The maximum Gasteiger partial charge on any atom is 0.265 e. The van der Waals surface area contributed by atoms with E-state index in [0.717, 1.165) is 22.5 Å². The topological polar surface area (TPSA) is 98.9 Å². The summed E-state index contributed by atoms with van der Waals surface area (Å²) < 4.78 is 1.51. The van der Waals surface area contributed by atoms with Crippen molar-refractivity contribution in [2.24, 2.45) is 0 Å². The molecule has 0 saturated heterocycles. The molecule has 0 spiro atoms. The molecule has 0 bridgehead atoms. The predicted octanol–water partition coefficient (Wildman–Crippen LogP) is 2.78. The average Bonchev–Trinajstić information content (AvgIpc) is 3.27.